The molecule has 0 aromatic carbocycles. The van der Waals surface area contributed by atoms with Crippen LogP contribution < -0.4 is 5.73 Å². The van der Waals surface area contributed by atoms with E-state index in [-0.39, 0.29) is 11.5 Å². The Hall–Kier alpha value is -1.69. The topological polar surface area (TPSA) is 91.0 Å². The van der Waals surface area contributed by atoms with Crippen LogP contribution in [0.3, 0.4) is 0 Å². The van der Waals surface area contributed by atoms with Gasteiger partial charge in [-0.25, -0.2) is 0 Å². The predicted molar refractivity (Wildman–Crippen MR) is 60.9 cm³/mol. The summed E-state index contributed by atoms with van der Waals surface area (Å²) < 4.78 is 10.1. The first-order valence-electron chi connectivity index (χ1n) is 5.40. The molecular weight excluding hydrogens is 220 g/mol. The zero-order valence-electron chi connectivity index (χ0n) is 10.4. The molecule has 17 heavy (non-hydrogen) atoms. The average Bonchev–Trinajstić information content (AvgIpc) is 2.83. The van der Waals surface area contributed by atoms with Crippen molar-refractivity contribution < 1.29 is 9.05 Å². The molecule has 0 radical (unpaired) electrons. The van der Waals surface area contributed by atoms with Gasteiger partial charge in [0.2, 0.25) is 0 Å². The molecule has 0 amide bonds. The first kappa shape index (κ1) is 11.8. The van der Waals surface area contributed by atoms with Gasteiger partial charge in [0, 0.05) is 0 Å². The number of rotatable bonds is 2. The number of aryl methyl sites for hydroxylation is 1. The minimum Gasteiger partial charge on any atom is -0.361 e. The Morgan fingerprint density at radius 2 is 2.00 bits per heavy atom. The highest BCUT2D eigenvalue weighted by Gasteiger charge is 2.27. The van der Waals surface area contributed by atoms with Crippen molar-refractivity contribution in [1.82, 2.24) is 15.3 Å². The van der Waals surface area contributed by atoms with Crippen molar-refractivity contribution in [3.63, 3.8) is 0 Å². The van der Waals surface area contributed by atoms with Gasteiger partial charge in [0.1, 0.15) is 11.3 Å². The Morgan fingerprint density at radius 3 is 2.53 bits per heavy atom. The summed E-state index contributed by atoms with van der Waals surface area (Å²) in [5.41, 5.74) is 6.63. The largest absolute Gasteiger partial charge is 0.361 e. The number of nitrogens with zero attached hydrogens (tertiary/aromatic N) is 3. The smallest absolute Gasteiger partial charge is 0.263 e. The van der Waals surface area contributed by atoms with E-state index in [1.54, 1.807) is 13.1 Å². The van der Waals surface area contributed by atoms with Gasteiger partial charge < -0.3 is 14.8 Å². The molecule has 0 bridgehead atoms. The van der Waals surface area contributed by atoms with Gasteiger partial charge in [-0.2, -0.15) is 4.98 Å². The van der Waals surface area contributed by atoms with Gasteiger partial charge in [0.05, 0.1) is 12.2 Å². The Labute approximate surface area is 99.2 Å². The van der Waals surface area contributed by atoms with E-state index in [4.69, 9.17) is 14.8 Å². The molecule has 0 fully saturated rings. The zero-order valence-corrected chi connectivity index (χ0v) is 10.4. The summed E-state index contributed by atoms with van der Waals surface area (Å²) in [6, 6.07) is -0.278. The second-order valence-electron chi connectivity index (χ2n) is 5.10. The maximum Gasteiger partial charge on any atom is 0.263 e. The number of aromatic nitrogens is 3. The Bertz CT molecular complexity index is 510. The summed E-state index contributed by atoms with van der Waals surface area (Å²) in [7, 11) is 0. The molecule has 0 aliphatic carbocycles. The average molecular weight is 236 g/mol. The van der Waals surface area contributed by atoms with Crippen molar-refractivity contribution in [2.24, 2.45) is 11.1 Å². The zero-order chi connectivity index (χ0) is 12.6. The molecule has 2 rings (SSSR count). The highest BCUT2D eigenvalue weighted by atomic mass is 16.5. The first-order valence-corrected chi connectivity index (χ1v) is 5.40. The van der Waals surface area contributed by atoms with Gasteiger partial charge in [-0.3, -0.25) is 0 Å². The minimum atomic E-state index is -0.278. The van der Waals surface area contributed by atoms with Gasteiger partial charge >= 0.3 is 0 Å². The van der Waals surface area contributed by atoms with Gasteiger partial charge in [-0.15, -0.1) is 0 Å². The summed E-state index contributed by atoms with van der Waals surface area (Å²) >= 11 is 0. The van der Waals surface area contributed by atoms with E-state index in [0.29, 0.717) is 23.0 Å². The molecule has 0 spiro atoms. The maximum absolute atomic E-state index is 6.05. The lowest BCUT2D eigenvalue weighted by Crippen LogP contribution is -2.27. The van der Waals surface area contributed by atoms with E-state index in [0.717, 1.165) is 0 Å². The molecule has 6 nitrogen and oxygen atoms in total. The summed E-state index contributed by atoms with van der Waals surface area (Å²) in [5.74, 6) is 1.52. The third-order valence-corrected chi connectivity index (χ3v) is 2.63. The summed E-state index contributed by atoms with van der Waals surface area (Å²) in [4.78, 5) is 4.28. The summed E-state index contributed by atoms with van der Waals surface area (Å²) in [6.07, 6.45) is 1.55. The van der Waals surface area contributed by atoms with Crippen molar-refractivity contribution in [3.05, 3.63) is 17.8 Å². The van der Waals surface area contributed by atoms with Crippen LogP contribution in [-0.2, 0) is 0 Å². The Balaban J connectivity index is 2.31. The van der Waals surface area contributed by atoms with Crippen molar-refractivity contribution in [1.29, 1.82) is 0 Å². The molecule has 0 aliphatic heterocycles. The molecule has 1 unspecified atom stereocenters. The SMILES string of the molecule is Cc1oncc1-c1nc(C(N)C(C)(C)C)no1. The molecular formula is C11H16N4O2. The molecule has 2 aromatic rings. The molecule has 1 atom stereocenters. The molecule has 2 heterocycles. The second-order valence-corrected chi connectivity index (χ2v) is 5.10. The maximum atomic E-state index is 6.05. The lowest BCUT2D eigenvalue weighted by atomic mass is 9.87. The molecule has 6 heteroatoms. The fourth-order valence-electron chi connectivity index (χ4n) is 1.36. The molecule has 0 aliphatic rings. The predicted octanol–water partition coefficient (Wildman–Crippen LogP) is 2.08. The minimum absolute atomic E-state index is 0.120. The Kier molecular flexibility index (Phi) is 2.74. The molecule has 0 saturated carbocycles. The van der Waals surface area contributed by atoms with Crippen LogP contribution in [0.2, 0.25) is 0 Å². The van der Waals surface area contributed by atoms with Crippen LogP contribution >= 0.6 is 0 Å². The van der Waals surface area contributed by atoms with Gasteiger partial charge in [-0.05, 0) is 12.3 Å². The van der Waals surface area contributed by atoms with Crippen molar-refractivity contribution >= 4 is 0 Å². The van der Waals surface area contributed by atoms with Crippen LogP contribution in [-0.4, -0.2) is 15.3 Å². The third-order valence-electron chi connectivity index (χ3n) is 2.63. The quantitative estimate of drug-likeness (QED) is 0.858. The first-order chi connectivity index (χ1) is 7.89. The third kappa shape index (κ3) is 2.21. The van der Waals surface area contributed by atoms with E-state index in [1.807, 2.05) is 20.8 Å². The number of nitrogens with two attached hydrogens (primary N) is 1. The summed E-state index contributed by atoms with van der Waals surface area (Å²) in [6.45, 7) is 7.87. The van der Waals surface area contributed by atoms with Crippen molar-refractivity contribution in [3.8, 4) is 11.5 Å². The highest BCUT2D eigenvalue weighted by Crippen LogP contribution is 2.30. The van der Waals surface area contributed by atoms with Crippen LogP contribution in [0.1, 0.15) is 38.4 Å². The van der Waals surface area contributed by atoms with E-state index in [1.165, 1.54) is 0 Å². The lowest BCUT2D eigenvalue weighted by Gasteiger charge is -2.23. The molecule has 0 saturated heterocycles. The number of hydrogen-bond acceptors (Lipinski definition) is 6. The van der Waals surface area contributed by atoms with E-state index in [2.05, 4.69) is 15.3 Å². The van der Waals surface area contributed by atoms with Crippen LogP contribution in [0.15, 0.2) is 15.2 Å². The van der Waals surface area contributed by atoms with Crippen molar-refractivity contribution in [2.75, 3.05) is 0 Å². The van der Waals surface area contributed by atoms with E-state index < -0.39 is 0 Å². The monoisotopic (exact) mass is 236 g/mol. The molecule has 2 N–H and O–H groups in total. The molecule has 2 aromatic heterocycles. The van der Waals surface area contributed by atoms with E-state index in [9.17, 15) is 0 Å². The van der Waals surface area contributed by atoms with Crippen LogP contribution in [0, 0.1) is 12.3 Å². The standard InChI is InChI=1S/C11H16N4O2/c1-6-7(5-13-16-6)10-14-9(15-17-10)8(12)11(2,3)4/h5,8H,12H2,1-4H3. The fraction of sp³-hybridized carbons (Fsp3) is 0.545. The Morgan fingerprint density at radius 1 is 1.29 bits per heavy atom. The summed E-state index contributed by atoms with van der Waals surface area (Å²) in [5, 5.41) is 7.57. The van der Waals surface area contributed by atoms with Crippen LogP contribution in [0.4, 0.5) is 0 Å². The normalized spacial score (nSPS) is 13.9. The van der Waals surface area contributed by atoms with Gasteiger partial charge in [-0.1, -0.05) is 31.1 Å². The van der Waals surface area contributed by atoms with E-state index >= 15 is 0 Å². The van der Waals surface area contributed by atoms with Gasteiger partial charge in [0.15, 0.2) is 5.82 Å². The fourth-order valence-corrected chi connectivity index (χ4v) is 1.36. The highest BCUT2D eigenvalue weighted by molar-refractivity contribution is 5.53. The second kappa shape index (κ2) is 3.96. The van der Waals surface area contributed by atoms with Gasteiger partial charge in [0.25, 0.3) is 5.89 Å². The van der Waals surface area contributed by atoms with Crippen LogP contribution in [0.25, 0.3) is 11.5 Å². The molecule has 92 valence electrons. The van der Waals surface area contributed by atoms with Crippen molar-refractivity contribution in [2.45, 2.75) is 33.7 Å². The number of hydrogen-bond donors (Lipinski definition) is 1. The van der Waals surface area contributed by atoms with Crippen LogP contribution in [0.5, 0.6) is 0 Å². The lowest BCUT2D eigenvalue weighted by molar-refractivity contribution is 0.303.